The van der Waals surface area contributed by atoms with E-state index < -0.39 is 0 Å². The molecule has 2 rings (SSSR count). The number of para-hydroxylation sites is 1. The first-order valence-corrected chi connectivity index (χ1v) is 6.63. The van der Waals surface area contributed by atoms with Gasteiger partial charge in [0, 0.05) is 38.3 Å². The monoisotopic (exact) mass is 246 g/mol. The van der Waals surface area contributed by atoms with Crippen LogP contribution in [-0.4, -0.2) is 44.7 Å². The van der Waals surface area contributed by atoms with Crippen LogP contribution in [0.2, 0.25) is 0 Å². The van der Waals surface area contributed by atoms with Gasteiger partial charge in [-0.3, -0.25) is 0 Å². The van der Waals surface area contributed by atoms with Gasteiger partial charge >= 0.3 is 0 Å². The Hall–Kier alpha value is -1.32. The van der Waals surface area contributed by atoms with E-state index in [4.69, 9.17) is 4.74 Å². The predicted octanol–water partition coefficient (Wildman–Crippen LogP) is 2.00. The average molecular weight is 246 g/mol. The first-order chi connectivity index (χ1) is 8.90. The van der Waals surface area contributed by atoms with Crippen LogP contribution in [-0.2, 0) is 0 Å². The van der Waals surface area contributed by atoms with Gasteiger partial charge in [-0.15, -0.1) is 0 Å². The summed E-state index contributed by atoms with van der Waals surface area (Å²) in [5.74, 6) is 0.941. The van der Waals surface area contributed by atoms with Gasteiger partial charge in [0.05, 0.1) is 7.11 Å². The predicted molar refractivity (Wildman–Crippen MR) is 76.0 cm³/mol. The minimum atomic E-state index is 0.941. The number of hydrogen-bond donors (Lipinski definition) is 1. The van der Waals surface area contributed by atoms with E-state index in [2.05, 4.69) is 28.4 Å². The summed E-state index contributed by atoms with van der Waals surface area (Å²) in [5, 5.41) is 3.37. The number of benzene rings is 1. The summed E-state index contributed by atoms with van der Waals surface area (Å²) >= 11 is 0. The van der Waals surface area contributed by atoms with Crippen molar-refractivity contribution in [2.45, 2.75) is 6.42 Å². The van der Waals surface area contributed by atoms with Crippen LogP contribution in [0.25, 0.3) is 6.08 Å². The molecular weight excluding hydrogens is 224 g/mol. The van der Waals surface area contributed by atoms with Gasteiger partial charge in [-0.25, -0.2) is 0 Å². The highest BCUT2D eigenvalue weighted by Crippen LogP contribution is 2.18. The minimum Gasteiger partial charge on any atom is -0.496 e. The molecule has 3 heteroatoms. The summed E-state index contributed by atoms with van der Waals surface area (Å²) in [6, 6.07) is 8.12. The third-order valence-electron chi connectivity index (χ3n) is 3.26. The molecule has 0 spiro atoms. The van der Waals surface area contributed by atoms with Crippen LogP contribution in [0, 0.1) is 0 Å². The van der Waals surface area contributed by atoms with E-state index >= 15 is 0 Å². The molecule has 0 bridgehead atoms. The maximum Gasteiger partial charge on any atom is 0.126 e. The molecule has 0 atom stereocenters. The zero-order valence-electron chi connectivity index (χ0n) is 11.1. The zero-order valence-corrected chi connectivity index (χ0v) is 11.1. The van der Waals surface area contributed by atoms with E-state index in [9.17, 15) is 0 Å². The maximum atomic E-state index is 5.32. The Labute approximate surface area is 109 Å². The van der Waals surface area contributed by atoms with Crippen LogP contribution < -0.4 is 10.1 Å². The van der Waals surface area contributed by atoms with E-state index in [1.165, 1.54) is 13.1 Å². The second kappa shape index (κ2) is 7.19. The van der Waals surface area contributed by atoms with E-state index in [1.54, 1.807) is 7.11 Å². The van der Waals surface area contributed by atoms with Gasteiger partial charge in [0.2, 0.25) is 0 Å². The summed E-state index contributed by atoms with van der Waals surface area (Å²) in [7, 11) is 1.72. The molecule has 1 aromatic rings. The zero-order chi connectivity index (χ0) is 12.6. The molecule has 0 unspecified atom stereocenters. The number of ether oxygens (including phenoxy) is 1. The summed E-state index contributed by atoms with van der Waals surface area (Å²) in [5.41, 5.74) is 1.15. The van der Waals surface area contributed by atoms with E-state index in [0.29, 0.717) is 0 Å². The van der Waals surface area contributed by atoms with E-state index in [1.807, 2.05) is 18.2 Å². The topological polar surface area (TPSA) is 24.5 Å². The standard InChI is InChI=1S/C15H22N2O/c1-18-15-8-3-2-6-14(15)7-4-5-11-17-12-9-16-10-13-17/h2-4,6-8,16H,5,9-13H2,1H3/b7-4+. The van der Waals surface area contributed by atoms with Crippen molar-refractivity contribution in [3.63, 3.8) is 0 Å². The van der Waals surface area contributed by atoms with Gasteiger partial charge in [0.25, 0.3) is 0 Å². The lowest BCUT2D eigenvalue weighted by Gasteiger charge is -2.26. The number of nitrogens with one attached hydrogen (secondary N) is 1. The Bertz CT molecular complexity index is 384. The normalized spacial score (nSPS) is 17.2. The van der Waals surface area contributed by atoms with E-state index in [-0.39, 0.29) is 0 Å². The van der Waals surface area contributed by atoms with Crippen LogP contribution in [0.3, 0.4) is 0 Å². The lowest BCUT2D eigenvalue weighted by Crippen LogP contribution is -2.43. The van der Waals surface area contributed by atoms with Gasteiger partial charge in [-0.1, -0.05) is 30.4 Å². The number of methoxy groups -OCH3 is 1. The molecule has 1 fully saturated rings. The molecule has 1 saturated heterocycles. The van der Waals surface area contributed by atoms with Crippen molar-refractivity contribution in [1.29, 1.82) is 0 Å². The largest absolute Gasteiger partial charge is 0.496 e. The molecule has 18 heavy (non-hydrogen) atoms. The first kappa shape index (κ1) is 13.1. The molecule has 1 aliphatic heterocycles. The van der Waals surface area contributed by atoms with Crippen LogP contribution in [0.1, 0.15) is 12.0 Å². The highest BCUT2D eigenvalue weighted by atomic mass is 16.5. The lowest BCUT2D eigenvalue weighted by molar-refractivity contribution is 0.245. The van der Waals surface area contributed by atoms with Gasteiger partial charge in [-0.05, 0) is 12.5 Å². The van der Waals surface area contributed by atoms with Crippen LogP contribution >= 0.6 is 0 Å². The van der Waals surface area contributed by atoms with Gasteiger partial charge in [0.15, 0.2) is 0 Å². The van der Waals surface area contributed by atoms with Crippen molar-refractivity contribution in [3.8, 4) is 5.75 Å². The molecule has 1 aromatic carbocycles. The van der Waals surface area contributed by atoms with Crippen molar-refractivity contribution in [1.82, 2.24) is 10.2 Å². The molecule has 98 valence electrons. The fourth-order valence-corrected chi connectivity index (χ4v) is 2.21. The SMILES string of the molecule is COc1ccccc1/C=C/CCN1CCNCC1. The summed E-state index contributed by atoms with van der Waals surface area (Å²) in [6.45, 7) is 5.73. The fraction of sp³-hybridized carbons (Fsp3) is 0.467. The van der Waals surface area contributed by atoms with Crippen molar-refractivity contribution in [3.05, 3.63) is 35.9 Å². The van der Waals surface area contributed by atoms with Crippen LogP contribution in [0.4, 0.5) is 0 Å². The Morgan fingerprint density at radius 3 is 2.83 bits per heavy atom. The Balaban J connectivity index is 1.79. The van der Waals surface area contributed by atoms with Gasteiger partial charge in [-0.2, -0.15) is 0 Å². The number of piperazine rings is 1. The van der Waals surface area contributed by atoms with Crippen molar-refractivity contribution in [2.24, 2.45) is 0 Å². The van der Waals surface area contributed by atoms with E-state index in [0.717, 1.165) is 37.4 Å². The third-order valence-corrected chi connectivity index (χ3v) is 3.26. The van der Waals surface area contributed by atoms with Gasteiger partial charge < -0.3 is 15.0 Å². The third kappa shape index (κ3) is 3.86. The molecule has 3 nitrogen and oxygen atoms in total. The molecule has 0 radical (unpaired) electrons. The summed E-state index contributed by atoms with van der Waals surface area (Å²) < 4.78 is 5.32. The fourth-order valence-electron chi connectivity index (χ4n) is 2.21. The number of nitrogens with zero attached hydrogens (tertiary/aromatic N) is 1. The molecule has 0 saturated carbocycles. The van der Waals surface area contributed by atoms with Crippen LogP contribution in [0.15, 0.2) is 30.3 Å². The molecule has 0 amide bonds. The van der Waals surface area contributed by atoms with Crippen molar-refractivity contribution >= 4 is 6.08 Å². The average Bonchev–Trinajstić information content (AvgIpc) is 2.45. The number of hydrogen-bond acceptors (Lipinski definition) is 3. The molecule has 1 N–H and O–H groups in total. The molecule has 0 aliphatic carbocycles. The minimum absolute atomic E-state index is 0.941. The van der Waals surface area contributed by atoms with Gasteiger partial charge in [0.1, 0.15) is 5.75 Å². The molecule has 1 heterocycles. The number of rotatable bonds is 5. The lowest BCUT2D eigenvalue weighted by atomic mass is 10.1. The second-order valence-corrected chi connectivity index (χ2v) is 4.52. The maximum absolute atomic E-state index is 5.32. The smallest absolute Gasteiger partial charge is 0.126 e. The molecular formula is C15H22N2O. The quantitative estimate of drug-likeness (QED) is 0.860. The Morgan fingerprint density at radius 2 is 2.06 bits per heavy atom. The summed E-state index contributed by atoms with van der Waals surface area (Å²) in [4.78, 5) is 2.50. The molecule has 1 aliphatic rings. The van der Waals surface area contributed by atoms with Crippen LogP contribution in [0.5, 0.6) is 5.75 Å². The second-order valence-electron chi connectivity index (χ2n) is 4.52. The highest BCUT2D eigenvalue weighted by molar-refractivity contribution is 5.56. The summed E-state index contributed by atoms with van der Waals surface area (Å²) in [6.07, 6.45) is 5.49. The van der Waals surface area contributed by atoms with Crippen molar-refractivity contribution in [2.75, 3.05) is 39.8 Å². The Kier molecular flexibility index (Phi) is 5.24. The molecule has 0 aromatic heterocycles. The highest BCUT2D eigenvalue weighted by Gasteiger charge is 2.07. The first-order valence-electron chi connectivity index (χ1n) is 6.63. The Morgan fingerprint density at radius 1 is 1.28 bits per heavy atom. The van der Waals surface area contributed by atoms with Crippen molar-refractivity contribution < 1.29 is 4.74 Å².